The Bertz CT molecular complexity index is 1010. The predicted octanol–water partition coefficient (Wildman–Crippen LogP) is 2.86. The van der Waals surface area contributed by atoms with Gasteiger partial charge in [-0.15, -0.1) is 0 Å². The molecule has 0 unspecified atom stereocenters. The normalized spacial score (nSPS) is 10.8. The Balaban J connectivity index is 1.73. The first-order chi connectivity index (χ1) is 12.7. The van der Waals surface area contributed by atoms with Gasteiger partial charge in [0.05, 0.1) is 6.20 Å². The molecular weight excluding hydrogens is 326 g/mol. The maximum Gasteiger partial charge on any atom is 0.224 e. The summed E-state index contributed by atoms with van der Waals surface area (Å²) in [6, 6.07) is 10.3. The smallest absolute Gasteiger partial charge is 0.224 e. The van der Waals surface area contributed by atoms with Crippen LogP contribution in [0.4, 0.5) is 11.8 Å². The quantitative estimate of drug-likeness (QED) is 0.600. The Morgan fingerprint density at radius 3 is 2.54 bits per heavy atom. The molecule has 0 bridgehead atoms. The van der Waals surface area contributed by atoms with Crippen LogP contribution < -0.4 is 10.2 Å². The number of anilines is 2. The Hall–Kier alpha value is -3.48. The summed E-state index contributed by atoms with van der Waals surface area (Å²) < 4.78 is 1.99. The van der Waals surface area contributed by atoms with Gasteiger partial charge < -0.3 is 10.2 Å². The molecule has 7 nitrogen and oxygen atoms in total. The number of nitrogens with one attached hydrogen (secondary N) is 1. The molecule has 1 N–H and O–H groups in total. The molecule has 0 amide bonds. The molecule has 26 heavy (non-hydrogen) atoms. The van der Waals surface area contributed by atoms with E-state index < -0.39 is 0 Å². The molecule has 0 saturated heterocycles. The average molecular weight is 345 g/mol. The topological polar surface area (TPSA) is 71.2 Å². The number of hydrogen-bond donors (Lipinski definition) is 1. The van der Waals surface area contributed by atoms with E-state index in [2.05, 4.69) is 32.4 Å². The minimum Gasteiger partial charge on any atom is -0.365 e. The van der Waals surface area contributed by atoms with Gasteiger partial charge in [-0.2, -0.15) is 0 Å². The summed E-state index contributed by atoms with van der Waals surface area (Å²) in [6.07, 6.45) is 8.98. The number of hydrogen-bond acceptors (Lipinski definition) is 6. The molecule has 0 aliphatic heterocycles. The lowest BCUT2D eigenvalue weighted by Gasteiger charge is -2.11. The summed E-state index contributed by atoms with van der Waals surface area (Å²) in [5.41, 5.74) is 3.63. The largest absolute Gasteiger partial charge is 0.365 e. The summed E-state index contributed by atoms with van der Waals surface area (Å²) in [5.74, 6) is 1.56. The Morgan fingerprint density at radius 1 is 1.04 bits per heavy atom. The highest BCUT2D eigenvalue weighted by Crippen LogP contribution is 2.28. The van der Waals surface area contributed by atoms with Crippen molar-refractivity contribution in [3.63, 3.8) is 0 Å². The second-order valence-electron chi connectivity index (χ2n) is 6.12. The van der Waals surface area contributed by atoms with Crippen LogP contribution in [0.5, 0.6) is 0 Å². The van der Waals surface area contributed by atoms with Crippen molar-refractivity contribution in [2.75, 3.05) is 24.3 Å². The zero-order valence-electron chi connectivity index (χ0n) is 14.7. The Kier molecular flexibility index (Phi) is 4.18. The molecule has 3 heterocycles. The van der Waals surface area contributed by atoms with Gasteiger partial charge in [0.2, 0.25) is 5.95 Å². The van der Waals surface area contributed by atoms with Crippen LogP contribution >= 0.6 is 0 Å². The lowest BCUT2D eigenvalue weighted by atomic mass is 10.2. The number of benzene rings is 1. The maximum absolute atomic E-state index is 4.71. The molecule has 4 rings (SSSR count). The van der Waals surface area contributed by atoms with E-state index in [1.807, 2.05) is 47.8 Å². The number of nitrogens with zero attached hydrogens (tertiary/aromatic N) is 6. The molecule has 0 atom stereocenters. The van der Waals surface area contributed by atoms with Gasteiger partial charge in [-0.3, -0.25) is 9.38 Å². The standard InChI is InChI=1S/C19H19N7/c1-25(2)19-22-11-15(12-23-19)17-18(21-10-14-6-4-3-5-7-14)26-9-8-20-13-16(26)24-17/h3-9,11-13,21H,10H2,1-2H3. The fourth-order valence-corrected chi connectivity index (χ4v) is 2.73. The van der Waals surface area contributed by atoms with Crippen LogP contribution in [0.1, 0.15) is 5.56 Å². The third-order valence-corrected chi connectivity index (χ3v) is 4.04. The lowest BCUT2D eigenvalue weighted by molar-refractivity contribution is 0.999. The van der Waals surface area contributed by atoms with Crippen molar-refractivity contribution in [1.82, 2.24) is 24.3 Å². The van der Waals surface area contributed by atoms with E-state index >= 15 is 0 Å². The molecule has 3 aromatic heterocycles. The first-order valence-electron chi connectivity index (χ1n) is 8.32. The summed E-state index contributed by atoms with van der Waals surface area (Å²) in [7, 11) is 3.83. The fourth-order valence-electron chi connectivity index (χ4n) is 2.73. The van der Waals surface area contributed by atoms with Crippen molar-refractivity contribution in [3.05, 3.63) is 66.9 Å². The van der Waals surface area contributed by atoms with Gasteiger partial charge in [-0.05, 0) is 5.56 Å². The highest BCUT2D eigenvalue weighted by Gasteiger charge is 2.15. The first-order valence-corrected chi connectivity index (χ1v) is 8.32. The van der Waals surface area contributed by atoms with Crippen molar-refractivity contribution in [1.29, 1.82) is 0 Å². The van der Waals surface area contributed by atoms with E-state index in [4.69, 9.17) is 4.98 Å². The molecule has 0 aliphatic rings. The minimum atomic E-state index is 0.665. The van der Waals surface area contributed by atoms with E-state index in [-0.39, 0.29) is 0 Å². The predicted molar refractivity (Wildman–Crippen MR) is 102 cm³/mol. The zero-order chi connectivity index (χ0) is 17.9. The molecule has 0 fully saturated rings. The lowest BCUT2D eigenvalue weighted by Crippen LogP contribution is -2.12. The number of fused-ring (bicyclic) bond motifs is 1. The summed E-state index contributed by atoms with van der Waals surface area (Å²) >= 11 is 0. The maximum atomic E-state index is 4.71. The van der Waals surface area contributed by atoms with Gasteiger partial charge >= 0.3 is 0 Å². The van der Waals surface area contributed by atoms with Gasteiger partial charge in [-0.25, -0.2) is 15.0 Å². The van der Waals surface area contributed by atoms with E-state index in [0.29, 0.717) is 12.5 Å². The van der Waals surface area contributed by atoms with Crippen molar-refractivity contribution < 1.29 is 0 Å². The highest BCUT2D eigenvalue weighted by molar-refractivity contribution is 5.75. The molecule has 4 aromatic rings. The van der Waals surface area contributed by atoms with Crippen molar-refractivity contribution in [2.45, 2.75) is 6.54 Å². The zero-order valence-corrected chi connectivity index (χ0v) is 14.7. The second-order valence-corrected chi connectivity index (χ2v) is 6.12. The Labute approximate surface area is 151 Å². The summed E-state index contributed by atoms with van der Waals surface area (Å²) in [4.78, 5) is 19.6. The van der Waals surface area contributed by atoms with Crippen LogP contribution in [0.3, 0.4) is 0 Å². The molecule has 0 radical (unpaired) electrons. The average Bonchev–Trinajstić information content (AvgIpc) is 3.06. The molecule has 1 aromatic carbocycles. The van der Waals surface area contributed by atoms with Gasteiger partial charge in [0, 0.05) is 51.0 Å². The van der Waals surface area contributed by atoms with Crippen LogP contribution in [0, 0.1) is 0 Å². The number of aromatic nitrogens is 5. The van der Waals surface area contributed by atoms with Crippen LogP contribution in [0.15, 0.2) is 61.3 Å². The van der Waals surface area contributed by atoms with Gasteiger partial charge in [0.1, 0.15) is 11.5 Å². The second kappa shape index (κ2) is 6.79. The minimum absolute atomic E-state index is 0.665. The van der Waals surface area contributed by atoms with E-state index in [9.17, 15) is 0 Å². The molecule has 0 spiro atoms. The molecule has 0 aliphatic carbocycles. The van der Waals surface area contributed by atoms with Gasteiger partial charge in [0.25, 0.3) is 0 Å². The van der Waals surface area contributed by atoms with Crippen molar-refractivity contribution in [3.8, 4) is 11.3 Å². The van der Waals surface area contributed by atoms with Crippen LogP contribution in [0.2, 0.25) is 0 Å². The molecule has 130 valence electrons. The number of rotatable bonds is 5. The molecule has 7 heteroatoms. The number of imidazole rings is 1. The third-order valence-electron chi connectivity index (χ3n) is 4.04. The summed E-state index contributed by atoms with van der Waals surface area (Å²) in [6.45, 7) is 0.695. The fraction of sp³-hybridized carbons (Fsp3) is 0.158. The van der Waals surface area contributed by atoms with Crippen LogP contribution in [-0.4, -0.2) is 38.4 Å². The SMILES string of the molecule is CN(C)c1ncc(-c2nc3cnccn3c2NCc2ccccc2)cn1. The highest BCUT2D eigenvalue weighted by atomic mass is 15.2. The third kappa shape index (κ3) is 3.06. The Morgan fingerprint density at radius 2 is 1.81 bits per heavy atom. The first kappa shape index (κ1) is 16.0. The van der Waals surface area contributed by atoms with E-state index in [1.54, 1.807) is 24.8 Å². The molecular formula is C19H19N7. The van der Waals surface area contributed by atoms with Crippen molar-refractivity contribution >= 4 is 17.4 Å². The summed E-state index contributed by atoms with van der Waals surface area (Å²) in [5, 5.41) is 3.50. The van der Waals surface area contributed by atoms with Crippen molar-refractivity contribution in [2.24, 2.45) is 0 Å². The van der Waals surface area contributed by atoms with Crippen LogP contribution in [0.25, 0.3) is 16.9 Å². The van der Waals surface area contributed by atoms with E-state index in [1.165, 1.54) is 5.56 Å². The van der Waals surface area contributed by atoms with Crippen LogP contribution in [-0.2, 0) is 6.54 Å². The molecule has 0 saturated carbocycles. The van der Waals surface area contributed by atoms with E-state index in [0.717, 1.165) is 22.7 Å². The van der Waals surface area contributed by atoms with Gasteiger partial charge in [0.15, 0.2) is 5.65 Å². The van der Waals surface area contributed by atoms with Gasteiger partial charge in [-0.1, -0.05) is 30.3 Å². The monoisotopic (exact) mass is 345 g/mol.